The van der Waals surface area contributed by atoms with Crippen molar-refractivity contribution in [2.45, 2.75) is 39.0 Å². The summed E-state index contributed by atoms with van der Waals surface area (Å²) in [5.41, 5.74) is 8.43. The summed E-state index contributed by atoms with van der Waals surface area (Å²) in [6.07, 6.45) is 2.86. The Morgan fingerprint density at radius 1 is 0.946 bits per heavy atom. The molecule has 37 heavy (non-hydrogen) atoms. The van der Waals surface area contributed by atoms with Crippen LogP contribution in [0.4, 0.5) is 0 Å². The number of rotatable bonds is 10. The summed E-state index contributed by atoms with van der Waals surface area (Å²) in [6, 6.07) is 21.8. The number of carbonyl (C=O) groups is 1. The largest absolute Gasteiger partial charge is 0.494 e. The molecule has 0 radical (unpaired) electrons. The van der Waals surface area contributed by atoms with Gasteiger partial charge in [0.05, 0.1) is 24.7 Å². The van der Waals surface area contributed by atoms with Gasteiger partial charge in [-0.25, -0.2) is 4.79 Å². The molecule has 3 aromatic carbocycles. The van der Waals surface area contributed by atoms with E-state index in [4.69, 9.17) is 24.7 Å². The Kier molecular flexibility index (Phi) is 8.32. The minimum absolute atomic E-state index is 0.0153. The maximum Gasteiger partial charge on any atom is 0.343 e. The van der Waals surface area contributed by atoms with Crippen molar-refractivity contribution in [3.63, 3.8) is 0 Å². The molecule has 190 valence electrons. The second-order valence-corrected chi connectivity index (χ2v) is 8.66. The smallest absolute Gasteiger partial charge is 0.343 e. The van der Waals surface area contributed by atoms with Gasteiger partial charge in [0.1, 0.15) is 34.6 Å². The number of esters is 1. The van der Waals surface area contributed by atoms with Crippen molar-refractivity contribution < 1.29 is 23.7 Å². The fourth-order valence-electron chi connectivity index (χ4n) is 4.06. The summed E-state index contributed by atoms with van der Waals surface area (Å²) in [4.78, 5) is 12.8. The lowest BCUT2D eigenvalue weighted by atomic mass is 9.83. The number of unbranched alkanes of at least 4 members (excludes halogenated alkanes) is 1. The molecule has 0 amide bonds. The number of carbonyl (C=O) groups excluding carboxylic acids is 1. The Morgan fingerprint density at radius 3 is 2.46 bits per heavy atom. The highest BCUT2D eigenvalue weighted by Gasteiger charge is 2.31. The van der Waals surface area contributed by atoms with E-state index in [9.17, 15) is 10.1 Å². The van der Waals surface area contributed by atoms with E-state index in [0.29, 0.717) is 41.6 Å². The molecule has 0 saturated heterocycles. The molecule has 3 aromatic rings. The Bertz CT molecular complexity index is 1340. The van der Waals surface area contributed by atoms with Crippen LogP contribution in [-0.4, -0.2) is 19.2 Å². The van der Waals surface area contributed by atoms with Gasteiger partial charge in [-0.2, -0.15) is 5.26 Å². The fraction of sp³-hybridized carbons (Fsp3) is 0.267. The molecule has 0 aromatic heterocycles. The zero-order valence-corrected chi connectivity index (χ0v) is 21.0. The van der Waals surface area contributed by atoms with Crippen LogP contribution < -0.4 is 24.7 Å². The van der Waals surface area contributed by atoms with Crippen LogP contribution in [0.3, 0.4) is 0 Å². The lowest BCUT2D eigenvalue weighted by Gasteiger charge is -2.27. The zero-order chi connectivity index (χ0) is 26.2. The first-order chi connectivity index (χ1) is 18.0. The van der Waals surface area contributed by atoms with E-state index in [-0.39, 0.29) is 5.88 Å². The molecule has 0 bridgehead atoms. The number of hydrogen-bond donors (Lipinski definition) is 1. The van der Waals surface area contributed by atoms with Gasteiger partial charge in [0.2, 0.25) is 5.88 Å². The van der Waals surface area contributed by atoms with Crippen molar-refractivity contribution in [3.8, 4) is 29.1 Å². The number of hydrogen-bond acceptors (Lipinski definition) is 7. The van der Waals surface area contributed by atoms with Crippen molar-refractivity contribution in [1.29, 1.82) is 5.26 Å². The molecular formula is C30H30N2O5. The van der Waals surface area contributed by atoms with Crippen molar-refractivity contribution in [1.82, 2.24) is 0 Å². The highest BCUT2D eigenvalue weighted by Crippen LogP contribution is 2.44. The third-order valence-electron chi connectivity index (χ3n) is 5.90. The summed E-state index contributed by atoms with van der Waals surface area (Å²) in [5.74, 6) is 1.10. The van der Waals surface area contributed by atoms with Crippen LogP contribution >= 0.6 is 0 Å². The van der Waals surface area contributed by atoms with Gasteiger partial charge in [0.25, 0.3) is 0 Å². The number of fused-ring (bicyclic) bond motifs is 1. The highest BCUT2D eigenvalue weighted by molar-refractivity contribution is 5.91. The van der Waals surface area contributed by atoms with E-state index >= 15 is 0 Å². The summed E-state index contributed by atoms with van der Waals surface area (Å²) in [7, 11) is 0. The first-order valence-corrected chi connectivity index (χ1v) is 12.4. The Hall–Kier alpha value is -4.44. The molecule has 2 N–H and O–H groups in total. The lowest BCUT2D eigenvalue weighted by Crippen LogP contribution is -2.21. The highest BCUT2D eigenvalue weighted by atomic mass is 16.5. The van der Waals surface area contributed by atoms with Gasteiger partial charge in [0.15, 0.2) is 0 Å². The molecule has 0 spiro atoms. The van der Waals surface area contributed by atoms with Crippen molar-refractivity contribution in [2.75, 3.05) is 13.2 Å². The van der Waals surface area contributed by atoms with Crippen LogP contribution in [0.15, 0.2) is 78.2 Å². The van der Waals surface area contributed by atoms with E-state index in [2.05, 4.69) is 13.0 Å². The molecule has 1 heterocycles. The van der Waals surface area contributed by atoms with Crippen LogP contribution in [0.2, 0.25) is 0 Å². The SMILES string of the molecule is CCCCOc1cccc(C2C(C#N)=C(N)Oc3cc(OC(=O)c4cccc(OCCC)c4)ccc32)c1. The van der Waals surface area contributed by atoms with Crippen molar-refractivity contribution in [3.05, 3.63) is 94.9 Å². The molecule has 1 atom stereocenters. The first kappa shape index (κ1) is 25.6. The standard InChI is InChI=1S/C30H30N2O5/c1-3-5-15-35-22-10-6-8-20(16-22)28-25-13-12-24(18-27(25)37-29(32)26(28)19-31)36-30(33)21-9-7-11-23(17-21)34-14-4-2/h6-13,16-18,28H,3-5,14-15,32H2,1-2H3. The normalized spacial score (nSPS) is 14.2. The van der Waals surface area contributed by atoms with Gasteiger partial charge < -0.3 is 24.7 Å². The molecule has 4 rings (SSSR count). The van der Waals surface area contributed by atoms with E-state index in [1.54, 1.807) is 42.5 Å². The number of nitrogens with two attached hydrogens (primary N) is 1. The third-order valence-corrected chi connectivity index (χ3v) is 5.90. The van der Waals surface area contributed by atoms with Crippen LogP contribution in [0.1, 0.15) is 60.5 Å². The summed E-state index contributed by atoms with van der Waals surface area (Å²) in [5, 5.41) is 9.86. The minimum atomic E-state index is -0.521. The minimum Gasteiger partial charge on any atom is -0.494 e. The number of ether oxygens (including phenoxy) is 4. The fourth-order valence-corrected chi connectivity index (χ4v) is 4.06. The Balaban J connectivity index is 1.60. The van der Waals surface area contributed by atoms with Gasteiger partial charge in [-0.05, 0) is 54.8 Å². The van der Waals surface area contributed by atoms with Crippen LogP contribution in [0.25, 0.3) is 0 Å². The summed E-state index contributed by atoms with van der Waals surface area (Å²) in [6.45, 7) is 5.31. The van der Waals surface area contributed by atoms with E-state index < -0.39 is 11.9 Å². The number of nitriles is 1. The molecular weight excluding hydrogens is 468 g/mol. The van der Waals surface area contributed by atoms with Crippen LogP contribution in [0, 0.1) is 11.3 Å². The lowest BCUT2D eigenvalue weighted by molar-refractivity contribution is 0.0734. The molecule has 7 heteroatoms. The number of allylic oxidation sites excluding steroid dienone is 1. The van der Waals surface area contributed by atoms with Gasteiger partial charge >= 0.3 is 5.97 Å². The molecule has 1 aliphatic rings. The van der Waals surface area contributed by atoms with E-state index in [0.717, 1.165) is 36.1 Å². The van der Waals surface area contributed by atoms with Gasteiger partial charge in [-0.15, -0.1) is 0 Å². The van der Waals surface area contributed by atoms with Crippen molar-refractivity contribution in [2.24, 2.45) is 5.73 Å². The molecule has 1 aliphatic heterocycles. The molecule has 0 fully saturated rings. The summed E-state index contributed by atoms with van der Waals surface area (Å²) >= 11 is 0. The van der Waals surface area contributed by atoms with Crippen molar-refractivity contribution >= 4 is 5.97 Å². The Labute approximate surface area is 217 Å². The average molecular weight is 499 g/mol. The van der Waals surface area contributed by atoms with E-state index in [1.807, 2.05) is 31.2 Å². The molecule has 1 unspecified atom stereocenters. The van der Waals surface area contributed by atoms with Gasteiger partial charge in [0, 0.05) is 11.6 Å². The molecule has 0 aliphatic carbocycles. The quantitative estimate of drug-likeness (QED) is 0.205. The molecule has 0 saturated carbocycles. The topological polar surface area (TPSA) is 104 Å². The van der Waals surface area contributed by atoms with Crippen LogP contribution in [-0.2, 0) is 0 Å². The van der Waals surface area contributed by atoms with Crippen LogP contribution in [0.5, 0.6) is 23.0 Å². The maximum absolute atomic E-state index is 12.8. The number of benzene rings is 3. The first-order valence-electron chi connectivity index (χ1n) is 12.4. The average Bonchev–Trinajstić information content (AvgIpc) is 2.91. The van der Waals surface area contributed by atoms with E-state index in [1.165, 1.54) is 0 Å². The molecule has 7 nitrogen and oxygen atoms in total. The zero-order valence-electron chi connectivity index (χ0n) is 21.0. The predicted octanol–water partition coefficient (Wildman–Crippen LogP) is 6.09. The number of nitrogens with zero attached hydrogens (tertiary/aromatic N) is 1. The van der Waals surface area contributed by atoms with Gasteiger partial charge in [-0.3, -0.25) is 0 Å². The monoisotopic (exact) mass is 498 g/mol. The van der Waals surface area contributed by atoms with Gasteiger partial charge in [-0.1, -0.05) is 44.5 Å². The maximum atomic E-state index is 12.8. The Morgan fingerprint density at radius 2 is 1.70 bits per heavy atom. The second kappa shape index (κ2) is 12.0. The predicted molar refractivity (Wildman–Crippen MR) is 140 cm³/mol. The summed E-state index contributed by atoms with van der Waals surface area (Å²) < 4.78 is 22.9. The second-order valence-electron chi connectivity index (χ2n) is 8.66. The third kappa shape index (κ3) is 6.04.